The van der Waals surface area contributed by atoms with Gasteiger partial charge in [-0.25, -0.2) is 4.98 Å². The Morgan fingerprint density at radius 3 is 2.65 bits per heavy atom. The summed E-state index contributed by atoms with van der Waals surface area (Å²) in [6, 6.07) is 21.9. The van der Waals surface area contributed by atoms with Gasteiger partial charge in [0.2, 0.25) is 0 Å². The highest BCUT2D eigenvalue weighted by atomic mass is 15.0. The minimum absolute atomic E-state index is 0.622. The van der Waals surface area contributed by atoms with Crippen LogP contribution in [0, 0.1) is 0 Å². The highest BCUT2D eigenvalue weighted by Gasteiger charge is 2.01. The molecule has 0 atom stereocenters. The van der Waals surface area contributed by atoms with Gasteiger partial charge in [0, 0.05) is 23.5 Å². The van der Waals surface area contributed by atoms with Crippen molar-refractivity contribution in [2.24, 2.45) is 0 Å². The summed E-state index contributed by atoms with van der Waals surface area (Å²) in [5.74, 6) is 0.661. The van der Waals surface area contributed by atoms with Crippen molar-refractivity contribution in [1.29, 1.82) is 0 Å². The van der Waals surface area contributed by atoms with E-state index in [0.717, 1.165) is 27.7 Å². The third-order valence-corrected chi connectivity index (χ3v) is 4.13. The van der Waals surface area contributed by atoms with Crippen molar-refractivity contribution in [3.05, 3.63) is 90.3 Å². The lowest BCUT2D eigenvalue weighted by atomic mass is 10.1. The molecule has 4 aromatic rings. The Hall–Kier alpha value is -3.66. The lowest BCUT2D eigenvalue weighted by Gasteiger charge is -2.08. The van der Waals surface area contributed by atoms with Crippen molar-refractivity contribution < 1.29 is 0 Å². The maximum Gasteiger partial charge on any atom is 0.153 e. The van der Waals surface area contributed by atoms with Gasteiger partial charge in [0.25, 0.3) is 0 Å². The van der Waals surface area contributed by atoms with Gasteiger partial charge in [0.15, 0.2) is 5.82 Å². The lowest BCUT2D eigenvalue weighted by Crippen LogP contribution is -1.98. The fraction of sp³-hybridized carbons (Fsp3) is 0. The fourth-order valence-electron chi connectivity index (χ4n) is 2.83. The lowest BCUT2D eigenvalue weighted by molar-refractivity contribution is 1.31. The van der Waals surface area contributed by atoms with Crippen LogP contribution in [-0.2, 0) is 0 Å². The SMILES string of the molecule is Nc1cccnc1Nc1cccc(C=Cc2ccnc3ccccc23)c1. The molecule has 0 saturated heterocycles. The Bertz CT molecular complexity index is 1080. The summed E-state index contributed by atoms with van der Waals surface area (Å²) in [5, 5.41) is 4.40. The number of benzene rings is 2. The second kappa shape index (κ2) is 7.07. The fourth-order valence-corrected chi connectivity index (χ4v) is 2.83. The predicted octanol–water partition coefficient (Wildman–Crippen LogP) is 5.13. The minimum Gasteiger partial charge on any atom is -0.396 e. The molecular weight excluding hydrogens is 320 g/mol. The highest BCUT2D eigenvalue weighted by molar-refractivity contribution is 5.90. The molecule has 3 N–H and O–H groups in total. The molecule has 0 spiro atoms. The summed E-state index contributed by atoms with van der Waals surface area (Å²) in [5.41, 5.74) is 10.7. The third kappa shape index (κ3) is 3.39. The van der Waals surface area contributed by atoms with Crippen molar-refractivity contribution in [1.82, 2.24) is 9.97 Å². The number of pyridine rings is 2. The summed E-state index contributed by atoms with van der Waals surface area (Å²) in [7, 11) is 0. The van der Waals surface area contributed by atoms with E-state index in [1.165, 1.54) is 0 Å². The van der Waals surface area contributed by atoms with Crippen LogP contribution in [0.5, 0.6) is 0 Å². The molecule has 0 aliphatic rings. The zero-order valence-corrected chi connectivity index (χ0v) is 14.1. The molecule has 0 saturated carbocycles. The van der Waals surface area contributed by atoms with Crippen molar-refractivity contribution in [2.75, 3.05) is 11.1 Å². The molecule has 26 heavy (non-hydrogen) atoms. The molecule has 2 heterocycles. The third-order valence-electron chi connectivity index (χ3n) is 4.13. The topological polar surface area (TPSA) is 63.8 Å². The van der Waals surface area contributed by atoms with Gasteiger partial charge in [-0.05, 0) is 47.5 Å². The maximum atomic E-state index is 5.95. The largest absolute Gasteiger partial charge is 0.396 e. The Labute approximate surface area is 152 Å². The van der Waals surface area contributed by atoms with Crippen molar-refractivity contribution in [3.8, 4) is 0 Å². The van der Waals surface area contributed by atoms with E-state index < -0.39 is 0 Å². The number of para-hydroxylation sites is 1. The molecule has 0 fully saturated rings. The molecule has 4 rings (SSSR count). The number of hydrogen-bond acceptors (Lipinski definition) is 4. The molecule has 2 aromatic carbocycles. The average Bonchev–Trinajstić information content (AvgIpc) is 2.68. The second-order valence-electron chi connectivity index (χ2n) is 5.94. The van der Waals surface area contributed by atoms with Crippen LogP contribution >= 0.6 is 0 Å². The molecule has 0 aliphatic carbocycles. The molecule has 2 aromatic heterocycles. The van der Waals surface area contributed by atoms with E-state index >= 15 is 0 Å². The van der Waals surface area contributed by atoms with E-state index in [2.05, 4.69) is 45.6 Å². The van der Waals surface area contributed by atoms with Gasteiger partial charge < -0.3 is 11.1 Å². The van der Waals surface area contributed by atoms with Crippen LogP contribution in [0.4, 0.5) is 17.2 Å². The zero-order valence-electron chi connectivity index (χ0n) is 14.1. The van der Waals surface area contributed by atoms with Crippen molar-refractivity contribution in [2.45, 2.75) is 0 Å². The number of fused-ring (bicyclic) bond motifs is 1. The van der Waals surface area contributed by atoms with E-state index in [9.17, 15) is 0 Å². The predicted molar refractivity (Wildman–Crippen MR) is 109 cm³/mol. The molecule has 126 valence electrons. The van der Waals surface area contributed by atoms with E-state index in [0.29, 0.717) is 11.5 Å². The molecule has 0 amide bonds. The Balaban J connectivity index is 1.61. The van der Waals surface area contributed by atoms with E-state index in [-0.39, 0.29) is 0 Å². The molecule has 4 nitrogen and oxygen atoms in total. The first kappa shape index (κ1) is 15.8. The first-order valence-electron chi connectivity index (χ1n) is 8.39. The van der Waals surface area contributed by atoms with Crippen LogP contribution in [0.3, 0.4) is 0 Å². The quantitative estimate of drug-likeness (QED) is 0.542. The normalized spacial score (nSPS) is 11.1. The molecule has 0 unspecified atom stereocenters. The Kier molecular flexibility index (Phi) is 4.31. The number of nitrogens with two attached hydrogens (primary N) is 1. The second-order valence-corrected chi connectivity index (χ2v) is 5.94. The number of nitrogens with zero attached hydrogens (tertiary/aromatic N) is 2. The first-order valence-corrected chi connectivity index (χ1v) is 8.39. The summed E-state index contributed by atoms with van der Waals surface area (Å²) in [6.07, 6.45) is 7.76. The summed E-state index contributed by atoms with van der Waals surface area (Å²) in [4.78, 5) is 8.67. The summed E-state index contributed by atoms with van der Waals surface area (Å²) < 4.78 is 0. The number of nitrogen functional groups attached to an aromatic ring is 1. The van der Waals surface area contributed by atoms with Gasteiger partial charge in [-0.2, -0.15) is 0 Å². The summed E-state index contributed by atoms with van der Waals surface area (Å²) >= 11 is 0. The Morgan fingerprint density at radius 2 is 1.73 bits per heavy atom. The van der Waals surface area contributed by atoms with Crippen molar-refractivity contribution in [3.63, 3.8) is 0 Å². The monoisotopic (exact) mass is 338 g/mol. The molecule has 0 radical (unpaired) electrons. The van der Waals surface area contributed by atoms with E-state index in [1.807, 2.05) is 54.7 Å². The van der Waals surface area contributed by atoms with Crippen molar-refractivity contribution >= 4 is 40.2 Å². The highest BCUT2D eigenvalue weighted by Crippen LogP contribution is 2.22. The van der Waals surface area contributed by atoms with Crippen LogP contribution in [0.2, 0.25) is 0 Å². The molecule has 4 heteroatoms. The standard InChI is InChI=1S/C22H18N4/c23-20-8-4-13-25-22(20)26-18-6-3-5-16(15-18)10-11-17-12-14-24-21-9-2-1-7-19(17)21/h1-15H,23H2,(H,25,26). The number of nitrogens with one attached hydrogen (secondary N) is 1. The van der Waals surface area contributed by atoms with Crippen LogP contribution in [-0.4, -0.2) is 9.97 Å². The summed E-state index contributed by atoms with van der Waals surface area (Å²) in [6.45, 7) is 0. The van der Waals surface area contributed by atoms with Gasteiger partial charge in [0.1, 0.15) is 0 Å². The number of rotatable bonds is 4. The molecule has 0 aliphatic heterocycles. The molecule has 0 bridgehead atoms. The van der Waals surface area contributed by atoms with E-state index in [1.54, 1.807) is 6.20 Å². The van der Waals surface area contributed by atoms with Crippen LogP contribution in [0.25, 0.3) is 23.1 Å². The van der Waals surface area contributed by atoms with Gasteiger partial charge in [-0.15, -0.1) is 0 Å². The smallest absolute Gasteiger partial charge is 0.153 e. The minimum atomic E-state index is 0.622. The van der Waals surface area contributed by atoms with Crippen LogP contribution in [0.1, 0.15) is 11.1 Å². The van der Waals surface area contributed by atoms with Gasteiger partial charge in [-0.1, -0.05) is 42.5 Å². The average molecular weight is 338 g/mol. The first-order chi connectivity index (χ1) is 12.8. The maximum absolute atomic E-state index is 5.95. The van der Waals surface area contributed by atoms with Crippen LogP contribution in [0.15, 0.2) is 79.1 Å². The number of anilines is 3. The van der Waals surface area contributed by atoms with Crippen LogP contribution < -0.4 is 11.1 Å². The van der Waals surface area contributed by atoms with E-state index in [4.69, 9.17) is 5.73 Å². The zero-order chi connectivity index (χ0) is 17.8. The van der Waals surface area contributed by atoms with Gasteiger partial charge in [0.05, 0.1) is 11.2 Å². The van der Waals surface area contributed by atoms with Gasteiger partial charge in [-0.3, -0.25) is 4.98 Å². The number of aromatic nitrogens is 2. The number of hydrogen-bond donors (Lipinski definition) is 2. The molecular formula is C22H18N4. The van der Waals surface area contributed by atoms with Gasteiger partial charge >= 0.3 is 0 Å². The Morgan fingerprint density at radius 1 is 0.808 bits per heavy atom.